The fraction of sp³-hybridized carbons (Fsp3) is 0.500. The van der Waals surface area contributed by atoms with E-state index in [0.717, 1.165) is 0 Å². The molecule has 1 saturated heterocycles. The van der Waals surface area contributed by atoms with Crippen molar-refractivity contribution in [2.75, 3.05) is 13.2 Å². The summed E-state index contributed by atoms with van der Waals surface area (Å²) < 4.78 is 32.4. The van der Waals surface area contributed by atoms with Gasteiger partial charge < -0.3 is 10.5 Å². The molecule has 0 unspecified atom stereocenters. The predicted molar refractivity (Wildman–Crippen MR) is 57.0 cm³/mol. The number of hydrogen-bond donors (Lipinski definition) is 1. The molecule has 16 heavy (non-hydrogen) atoms. The lowest BCUT2D eigenvalue weighted by atomic mass is 9.83. The summed E-state index contributed by atoms with van der Waals surface area (Å²) in [5.74, 6) is -1.61. The van der Waals surface area contributed by atoms with Crippen molar-refractivity contribution in [3.63, 3.8) is 0 Å². The van der Waals surface area contributed by atoms with Crippen LogP contribution in [0.5, 0.6) is 0 Å². The van der Waals surface area contributed by atoms with E-state index < -0.39 is 17.2 Å². The number of halogens is 2. The van der Waals surface area contributed by atoms with E-state index in [9.17, 15) is 8.78 Å². The van der Waals surface area contributed by atoms with Crippen LogP contribution in [0.3, 0.4) is 0 Å². The van der Waals surface area contributed by atoms with Gasteiger partial charge in [-0.25, -0.2) is 8.78 Å². The molecule has 0 atom stereocenters. The number of ether oxygens (including phenoxy) is 1. The molecule has 1 aromatic rings. The number of benzene rings is 1. The third-order valence-electron chi connectivity index (χ3n) is 3.20. The van der Waals surface area contributed by atoms with Gasteiger partial charge in [0.2, 0.25) is 0 Å². The van der Waals surface area contributed by atoms with E-state index in [1.165, 1.54) is 6.92 Å². The fourth-order valence-corrected chi connectivity index (χ4v) is 2.04. The summed E-state index contributed by atoms with van der Waals surface area (Å²) in [6.45, 7) is 2.52. The Balaban J connectivity index is 2.43. The second-order valence-corrected chi connectivity index (χ2v) is 4.33. The Morgan fingerprint density at radius 2 is 1.81 bits per heavy atom. The summed E-state index contributed by atoms with van der Waals surface area (Å²) in [5, 5.41) is 0. The van der Waals surface area contributed by atoms with Crippen molar-refractivity contribution in [1.29, 1.82) is 0 Å². The summed E-state index contributed by atoms with van der Waals surface area (Å²) in [6.07, 6.45) is 1.04. The Labute approximate surface area is 93.4 Å². The van der Waals surface area contributed by atoms with Crippen LogP contribution in [0.1, 0.15) is 24.0 Å². The van der Waals surface area contributed by atoms with E-state index >= 15 is 0 Å². The van der Waals surface area contributed by atoms with E-state index in [1.807, 2.05) is 0 Å². The lowest BCUT2D eigenvalue weighted by Crippen LogP contribution is -2.43. The van der Waals surface area contributed by atoms with Crippen LogP contribution in [0, 0.1) is 18.6 Å². The molecular formula is C12H15F2NO. The molecular weight excluding hydrogens is 212 g/mol. The summed E-state index contributed by atoms with van der Waals surface area (Å²) >= 11 is 0. The fourth-order valence-electron chi connectivity index (χ4n) is 2.04. The average molecular weight is 227 g/mol. The van der Waals surface area contributed by atoms with Gasteiger partial charge in [0.25, 0.3) is 0 Å². The molecule has 88 valence electrons. The zero-order valence-corrected chi connectivity index (χ0v) is 9.22. The first-order chi connectivity index (χ1) is 7.54. The smallest absolute Gasteiger partial charge is 0.164 e. The highest BCUT2D eigenvalue weighted by molar-refractivity contribution is 5.31. The van der Waals surface area contributed by atoms with E-state index in [-0.39, 0.29) is 5.56 Å². The van der Waals surface area contributed by atoms with Crippen molar-refractivity contribution >= 4 is 0 Å². The average Bonchev–Trinajstić information content (AvgIpc) is 2.27. The molecule has 1 aliphatic heterocycles. The Morgan fingerprint density at radius 1 is 1.19 bits per heavy atom. The van der Waals surface area contributed by atoms with E-state index in [2.05, 4.69) is 0 Å². The molecule has 0 amide bonds. The maximum Gasteiger partial charge on any atom is 0.164 e. The van der Waals surface area contributed by atoms with Crippen LogP contribution in [0.25, 0.3) is 0 Å². The van der Waals surface area contributed by atoms with Gasteiger partial charge in [-0.3, -0.25) is 0 Å². The zero-order valence-electron chi connectivity index (χ0n) is 9.22. The molecule has 0 bridgehead atoms. The standard InChI is InChI=1S/C12H15F2NO/c1-8-2-3-9(11(14)10(8)13)12(15)4-6-16-7-5-12/h2-3H,4-7,15H2,1H3. The molecule has 0 spiro atoms. The minimum absolute atomic E-state index is 0.263. The molecule has 1 heterocycles. The Kier molecular flexibility index (Phi) is 2.95. The van der Waals surface area contributed by atoms with Gasteiger partial charge in [0.15, 0.2) is 11.6 Å². The maximum atomic E-state index is 13.8. The normalized spacial score (nSPS) is 19.8. The zero-order chi connectivity index (χ0) is 11.8. The molecule has 0 saturated carbocycles. The molecule has 0 radical (unpaired) electrons. The Hall–Kier alpha value is -1.00. The second-order valence-electron chi connectivity index (χ2n) is 4.33. The van der Waals surface area contributed by atoms with Gasteiger partial charge >= 0.3 is 0 Å². The lowest BCUT2D eigenvalue weighted by molar-refractivity contribution is 0.0508. The molecule has 4 heteroatoms. The minimum atomic E-state index is -0.815. The maximum absolute atomic E-state index is 13.8. The molecule has 2 rings (SSSR count). The molecule has 1 aliphatic rings. The van der Waals surface area contributed by atoms with Crippen LogP contribution in [0.4, 0.5) is 8.78 Å². The molecule has 0 aromatic heterocycles. The number of aryl methyl sites for hydroxylation is 1. The third-order valence-corrected chi connectivity index (χ3v) is 3.20. The van der Waals surface area contributed by atoms with Crippen LogP contribution in [0.15, 0.2) is 12.1 Å². The van der Waals surface area contributed by atoms with Crippen molar-refractivity contribution in [2.24, 2.45) is 5.73 Å². The van der Waals surface area contributed by atoms with Gasteiger partial charge in [-0.15, -0.1) is 0 Å². The highest BCUT2D eigenvalue weighted by atomic mass is 19.2. The molecule has 1 aromatic carbocycles. The number of rotatable bonds is 1. The van der Waals surface area contributed by atoms with Gasteiger partial charge in [0.05, 0.1) is 0 Å². The van der Waals surface area contributed by atoms with Crippen molar-refractivity contribution < 1.29 is 13.5 Å². The predicted octanol–water partition coefficient (Wildman–Crippen LogP) is 2.24. The Morgan fingerprint density at radius 3 is 2.44 bits per heavy atom. The quantitative estimate of drug-likeness (QED) is 0.798. The SMILES string of the molecule is Cc1ccc(C2(N)CCOCC2)c(F)c1F. The third kappa shape index (κ3) is 1.83. The van der Waals surface area contributed by atoms with Gasteiger partial charge in [0, 0.05) is 24.3 Å². The van der Waals surface area contributed by atoms with E-state index in [1.54, 1.807) is 12.1 Å². The summed E-state index contributed by atoms with van der Waals surface area (Å²) in [5.41, 5.74) is 5.88. The van der Waals surface area contributed by atoms with Gasteiger partial charge in [-0.1, -0.05) is 12.1 Å². The molecule has 1 fully saturated rings. The van der Waals surface area contributed by atoms with Crippen LogP contribution >= 0.6 is 0 Å². The largest absolute Gasteiger partial charge is 0.381 e. The van der Waals surface area contributed by atoms with Crippen LogP contribution in [-0.4, -0.2) is 13.2 Å². The second kappa shape index (κ2) is 4.11. The first-order valence-corrected chi connectivity index (χ1v) is 5.36. The van der Waals surface area contributed by atoms with Crippen LogP contribution < -0.4 is 5.73 Å². The summed E-state index contributed by atoms with van der Waals surface area (Å²) in [4.78, 5) is 0. The molecule has 2 nitrogen and oxygen atoms in total. The minimum Gasteiger partial charge on any atom is -0.381 e. The summed E-state index contributed by atoms with van der Waals surface area (Å²) in [7, 11) is 0. The van der Waals surface area contributed by atoms with Gasteiger partial charge in [-0.05, 0) is 25.3 Å². The van der Waals surface area contributed by atoms with Crippen molar-refractivity contribution in [1.82, 2.24) is 0 Å². The monoisotopic (exact) mass is 227 g/mol. The van der Waals surface area contributed by atoms with Crippen molar-refractivity contribution in [3.05, 3.63) is 34.9 Å². The van der Waals surface area contributed by atoms with Crippen molar-refractivity contribution in [2.45, 2.75) is 25.3 Å². The van der Waals surface area contributed by atoms with Gasteiger partial charge in [0.1, 0.15) is 0 Å². The molecule has 0 aliphatic carbocycles. The van der Waals surface area contributed by atoms with Gasteiger partial charge in [-0.2, -0.15) is 0 Å². The highest BCUT2D eigenvalue weighted by Crippen LogP contribution is 2.32. The Bertz CT molecular complexity index is 400. The lowest BCUT2D eigenvalue weighted by Gasteiger charge is -2.34. The summed E-state index contributed by atoms with van der Waals surface area (Å²) in [6, 6.07) is 3.15. The van der Waals surface area contributed by atoms with Crippen LogP contribution in [0.2, 0.25) is 0 Å². The number of nitrogens with two attached hydrogens (primary N) is 1. The first kappa shape index (κ1) is 11.5. The van der Waals surface area contributed by atoms with Crippen LogP contribution in [-0.2, 0) is 10.3 Å². The highest BCUT2D eigenvalue weighted by Gasteiger charge is 2.33. The number of hydrogen-bond acceptors (Lipinski definition) is 2. The topological polar surface area (TPSA) is 35.2 Å². The van der Waals surface area contributed by atoms with E-state index in [4.69, 9.17) is 10.5 Å². The van der Waals surface area contributed by atoms with E-state index in [0.29, 0.717) is 31.6 Å². The van der Waals surface area contributed by atoms with Crippen molar-refractivity contribution in [3.8, 4) is 0 Å². The molecule has 2 N–H and O–H groups in total. The first-order valence-electron chi connectivity index (χ1n) is 5.36.